The first-order valence-corrected chi connectivity index (χ1v) is 8.43. The van der Waals surface area contributed by atoms with Crippen LogP contribution in [0.2, 0.25) is 0 Å². The highest BCUT2D eigenvalue weighted by Gasteiger charge is 2.47. The number of aromatic nitrogens is 2. The largest absolute Gasteiger partial charge is 0.465 e. The van der Waals surface area contributed by atoms with E-state index in [1.807, 2.05) is 31.0 Å². The maximum Gasteiger partial charge on any atom is 0.326 e. The Kier molecular flexibility index (Phi) is 5.32. The summed E-state index contributed by atoms with van der Waals surface area (Å²) in [6.45, 7) is 6.43. The lowest BCUT2D eigenvalue weighted by molar-refractivity contribution is -0.151. The van der Waals surface area contributed by atoms with E-state index in [4.69, 9.17) is 4.74 Å². The van der Waals surface area contributed by atoms with Crippen LogP contribution < -0.4 is 5.32 Å². The van der Waals surface area contributed by atoms with Gasteiger partial charge >= 0.3 is 5.97 Å². The lowest BCUT2D eigenvalue weighted by atomic mass is 9.96. The maximum absolute atomic E-state index is 12.4. The number of esters is 1. The van der Waals surface area contributed by atoms with Crippen LogP contribution >= 0.6 is 11.8 Å². The molecular weight excluding hydrogens is 286 g/mol. The van der Waals surface area contributed by atoms with Crippen LogP contribution in [-0.4, -0.2) is 39.2 Å². The van der Waals surface area contributed by atoms with Crippen LogP contribution in [0, 0.1) is 0 Å². The molecule has 2 rings (SSSR count). The van der Waals surface area contributed by atoms with Crippen LogP contribution in [0.3, 0.4) is 0 Å². The Bertz CT molecular complexity index is 489. The molecule has 0 bridgehead atoms. The lowest BCUT2D eigenvalue weighted by Gasteiger charge is -2.30. The molecule has 0 aliphatic heterocycles. The third-order valence-electron chi connectivity index (χ3n) is 3.68. The number of ether oxygens (including phenoxy) is 1. The van der Waals surface area contributed by atoms with E-state index in [2.05, 4.69) is 24.3 Å². The van der Waals surface area contributed by atoms with Gasteiger partial charge in [-0.15, -0.1) is 11.8 Å². The van der Waals surface area contributed by atoms with Crippen molar-refractivity contribution in [3.05, 3.63) is 12.4 Å². The molecule has 21 heavy (non-hydrogen) atoms. The molecule has 0 spiro atoms. The van der Waals surface area contributed by atoms with E-state index in [-0.39, 0.29) is 12.0 Å². The van der Waals surface area contributed by atoms with Gasteiger partial charge in [-0.2, -0.15) is 5.10 Å². The van der Waals surface area contributed by atoms with E-state index in [9.17, 15) is 4.79 Å². The maximum atomic E-state index is 12.4. The molecule has 0 saturated heterocycles. The number of rotatable bonds is 6. The summed E-state index contributed by atoms with van der Waals surface area (Å²) in [6.07, 6.45) is 6.55. The average Bonchev–Trinajstić information content (AvgIpc) is 2.97. The molecule has 0 amide bonds. The molecule has 5 nitrogen and oxygen atoms in total. The van der Waals surface area contributed by atoms with Gasteiger partial charge in [0, 0.05) is 29.4 Å². The highest BCUT2D eigenvalue weighted by molar-refractivity contribution is 8.00. The van der Waals surface area contributed by atoms with Crippen molar-refractivity contribution in [2.24, 2.45) is 7.05 Å². The van der Waals surface area contributed by atoms with Crippen LogP contribution in [0.25, 0.3) is 0 Å². The second-order valence-electron chi connectivity index (χ2n) is 5.93. The zero-order valence-corrected chi connectivity index (χ0v) is 14.1. The van der Waals surface area contributed by atoms with Crippen LogP contribution in [0.1, 0.15) is 40.0 Å². The van der Waals surface area contributed by atoms with Gasteiger partial charge in [0.05, 0.1) is 12.8 Å². The first-order chi connectivity index (χ1) is 9.95. The van der Waals surface area contributed by atoms with Gasteiger partial charge in [0.1, 0.15) is 5.54 Å². The molecule has 1 aliphatic carbocycles. The molecule has 1 fully saturated rings. The van der Waals surface area contributed by atoms with E-state index in [0.717, 1.165) is 24.2 Å². The molecule has 1 saturated carbocycles. The van der Waals surface area contributed by atoms with Gasteiger partial charge in [0.25, 0.3) is 0 Å². The smallest absolute Gasteiger partial charge is 0.326 e. The van der Waals surface area contributed by atoms with Gasteiger partial charge in [-0.3, -0.25) is 14.8 Å². The van der Waals surface area contributed by atoms with Crippen LogP contribution in [0.15, 0.2) is 17.3 Å². The average molecular weight is 311 g/mol. The van der Waals surface area contributed by atoms with Gasteiger partial charge in [0.2, 0.25) is 0 Å². The number of carbonyl (C=O) groups is 1. The number of aryl methyl sites for hydroxylation is 1. The predicted octanol–water partition coefficient (Wildman–Crippen LogP) is 2.36. The number of thioether (sulfide) groups is 1. The summed E-state index contributed by atoms with van der Waals surface area (Å²) in [6, 6.07) is 0.261. The highest BCUT2D eigenvalue weighted by atomic mass is 32.2. The van der Waals surface area contributed by atoms with Gasteiger partial charge in [-0.05, 0) is 40.0 Å². The molecule has 0 aromatic carbocycles. The third-order valence-corrected chi connectivity index (χ3v) is 4.90. The van der Waals surface area contributed by atoms with Crippen molar-refractivity contribution in [2.45, 2.75) is 61.8 Å². The van der Waals surface area contributed by atoms with E-state index in [1.54, 1.807) is 11.8 Å². The molecule has 2 unspecified atom stereocenters. The number of carbonyl (C=O) groups excluding carboxylic acids is 1. The van der Waals surface area contributed by atoms with Gasteiger partial charge in [-0.25, -0.2) is 0 Å². The van der Waals surface area contributed by atoms with E-state index in [0.29, 0.717) is 11.9 Å². The second kappa shape index (κ2) is 6.83. The predicted molar refractivity (Wildman–Crippen MR) is 84.3 cm³/mol. The summed E-state index contributed by atoms with van der Waals surface area (Å²) in [4.78, 5) is 13.6. The zero-order valence-electron chi connectivity index (χ0n) is 13.3. The number of nitrogens with one attached hydrogen (secondary N) is 1. The van der Waals surface area contributed by atoms with Crippen LogP contribution in [0.5, 0.6) is 0 Å². The number of hydrogen-bond acceptors (Lipinski definition) is 5. The summed E-state index contributed by atoms with van der Waals surface area (Å²) < 4.78 is 7.11. The lowest BCUT2D eigenvalue weighted by Crippen LogP contribution is -2.54. The first kappa shape index (κ1) is 16.4. The third kappa shape index (κ3) is 4.01. The topological polar surface area (TPSA) is 56.1 Å². The monoisotopic (exact) mass is 311 g/mol. The van der Waals surface area contributed by atoms with Crippen molar-refractivity contribution in [3.63, 3.8) is 0 Å². The molecule has 1 aliphatic rings. The standard InChI is InChI=1S/C15H25N3O2S/c1-5-20-14(19)15(17-11(2)3)7-6-12(8-15)21-13-9-16-18(4)10-13/h9-12,17H,5-8H2,1-4H3. The fourth-order valence-electron chi connectivity index (χ4n) is 2.95. The van der Waals surface area contributed by atoms with Crippen molar-refractivity contribution in [3.8, 4) is 0 Å². The fraction of sp³-hybridized carbons (Fsp3) is 0.733. The van der Waals surface area contributed by atoms with Crippen molar-refractivity contribution >= 4 is 17.7 Å². The Hall–Kier alpha value is -1.01. The van der Waals surface area contributed by atoms with Crippen molar-refractivity contribution in [1.29, 1.82) is 0 Å². The molecule has 0 radical (unpaired) electrons. The molecule has 2 atom stereocenters. The van der Waals surface area contributed by atoms with Gasteiger partial charge < -0.3 is 4.74 Å². The number of nitrogens with zero attached hydrogens (tertiary/aromatic N) is 2. The SMILES string of the molecule is CCOC(=O)C1(NC(C)C)CCC(Sc2cnn(C)c2)C1. The Labute approximate surface area is 130 Å². The minimum Gasteiger partial charge on any atom is -0.465 e. The van der Waals surface area contributed by atoms with Crippen molar-refractivity contribution in [2.75, 3.05) is 6.61 Å². The van der Waals surface area contributed by atoms with E-state index >= 15 is 0 Å². The Morgan fingerprint density at radius 1 is 1.67 bits per heavy atom. The Morgan fingerprint density at radius 2 is 2.43 bits per heavy atom. The minimum absolute atomic E-state index is 0.104. The Balaban J connectivity index is 2.05. The summed E-state index contributed by atoms with van der Waals surface area (Å²) in [5.74, 6) is -0.104. The first-order valence-electron chi connectivity index (χ1n) is 7.55. The van der Waals surface area contributed by atoms with Crippen LogP contribution in [0.4, 0.5) is 0 Å². The van der Waals surface area contributed by atoms with E-state index in [1.165, 1.54) is 0 Å². The molecule has 1 heterocycles. The van der Waals surface area contributed by atoms with Gasteiger partial charge in [0.15, 0.2) is 0 Å². The second-order valence-corrected chi connectivity index (χ2v) is 7.31. The summed E-state index contributed by atoms with van der Waals surface area (Å²) in [7, 11) is 1.92. The minimum atomic E-state index is -0.524. The molecule has 1 N–H and O–H groups in total. The fourth-order valence-corrected chi connectivity index (χ4v) is 4.26. The van der Waals surface area contributed by atoms with E-state index < -0.39 is 5.54 Å². The molecule has 118 valence electrons. The molecular formula is C15H25N3O2S. The molecule has 1 aromatic heterocycles. The molecule has 6 heteroatoms. The Morgan fingerprint density at radius 3 is 3.00 bits per heavy atom. The van der Waals surface area contributed by atoms with Gasteiger partial charge in [-0.1, -0.05) is 0 Å². The number of hydrogen-bond donors (Lipinski definition) is 1. The summed E-state index contributed by atoms with van der Waals surface area (Å²) in [5, 5.41) is 8.07. The van der Waals surface area contributed by atoms with Crippen molar-refractivity contribution in [1.82, 2.24) is 15.1 Å². The quantitative estimate of drug-likeness (QED) is 0.817. The summed E-state index contributed by atoms with van der Waals surface area (Å²) >= 11 is 1.81. The molecule has 1 aromatic rings. The van der Waals surface area contributed by atoms with Crippen molar-refractivity contribution < 1.29 is 9.53 Å². The zero-order chi connectivity index (χ0) is 15.5. The van der Waals surface area contributed by atoms with Crippen LogP contribution in [-0.2, 0) is 16.6 Å². The normalized spacial score (nSPS) is 25.5. The highest BCUT2D eigenvalue weighted by Crippen LogP contribution is 2.41. The summed E-state index contributed by atoms with van der Waals surface area (Å²) in [5.41, 5.74) is -0.524.